The maximum atomic E-state index is 9.06. The van der Waals surface area contributed by atoms with E-state index in [2.05, 4.69) is 15.0 Å². The summed E-state index contributed by atoms with van der Waals surface area (Å²) in [6.45, 7) is 2.93. The lowest BCUT2D eigenvalue weighted by molar-refractivity contribution is -0.0571. The van der Waals surface area contributed by atoms with Crippen molar-refractivity contribution in [3.05, 3.63) is 11.7 Å². The minimum absolute atomic E-state index is 0.0632. The number of nitrogens with zero attached hydrogens (tertiary/aromatic N) is 3. The Morgan fingerprint density at radius 2 is 2.29 bits per heavy atom. The van der Waals surface area contributed by atoms with E-state index in [1.54, 1.807) is 0 Å². The Bertz CT molecular complexity index is 378. The monoisotopic (exact) mass is 239 g/mol. The maximum Gasteiger partial charge on any atom is 0.240 e. The van der Waals surface area contributed by atoms with Gasteiger partial charge in [0, 0.05) is 19.0 Å². The fourth-order valence-electron chi connectivity index (χ4n) is 2.07. The summed E-state index contributed by atoms with van der Waals surface area (Å²) in [6.07, 6.45) is 2.28. The molecule has 3 rings (SSSR count). The molecule has 2 fully saturated rings. The van der Waals surface area contributed by atoms with Gasteiger partial charge in [-0.15, -0.1) is 0 Å². The van der Waals surface area contributed by atoms with Gasteiger partial charge in [-0.05, 0) is 12.8 Å². The normalized spacial score (nSPS) is 26.3. The van der Waals surface area contributed by atoms with E-state index >= 15 is 0 Å². The van der Waals surface area contributed by atoms with Gasteiger partial charge in [0.1, 0.15) is 0 Å². The van der Waals surface area contributed by atoms with Crippen LogP contribution in [0.3, 0.4) is 0 Å². The van der Waals surface area contributed by atoms with Crippen molar-refractivity contribution in [2.24, 2.45) is 0 Å². The van der Waals surface area contributed by atoms with Crippen LogP contribution in [0.25, 0.3) is 0 Å². The lowest BCUT2D eigenvalue weighted by Gasteiger charge is -2.30. The van der Waals surface area contributed by atoms with Gasteiger partial charge in [-0.1, -0.05) is 5.16 Å². The minimum Gasteiger partial charge on any atom is -0.394 e. The molecule has 1 atom stereocenters. The molecule has 0 spiro atoms. The molecule has 1 aromatic rings. The van der Waals surface area contributed by atoms with Crippen LogP contribution in [-0.2, 0) is 11.3 Å². The van der Waals surface area contributed by atoms with Crippen LogP contribution in [0.4, 0.5) is 0 Å². The number of aliphatic hydroxyl groups is 1. The van der Waals surface area contributed by atoms with Crippen LogP contribution in [0, 0.1) is 0 Å². The van der Waals surface area contributed by atoms with Crippen molar-refractivity contribution in [2.75, 3.05) is 26.3 Å². The van der Waals surface area contributed by atoms with Gasteiger partial charge in [0.05, 0.1) is 25.9 Å². The van der Waals surface area contributed by atoms with E-state index in [9.17, 15) is 0 Å². The molecule has 1 N–H and O–H groups in total. The number of hydrogen-bond acceptors (Lipinski definition) is 6. The van der Waals surface area contributed by atoms with Gasteiger partial charge < -0.3 is 14.4 Å². The summed E-state index contributed by atoms with van der Waals surface area (Å²) in [5.74, 6) is 2.06. The first-order valence-electron chi connectivity index (χ1n) is 6.12. The molecule has 6 heteroatoms. The molecule has 1 unspecified atom stereocenters. The summed E-state index contributed by atoms with van der Waals surface area (Å²) in [7, 11) is 0. The van der Waals surface area contributed by atoms with E-state index in [0.29, 0.717) is 25.0 Å². The van der Waals surface area contributed by atoms with E-state index in [1.165, 1.54) is 12.8 Å². The number of aromatic nitrogens is 2. The Morgan fingerprint density at radius 3 is 3.06 bits per heavy atom. The highest BCUT2D eigenvalue weighted by Gasteiger charge is 2.29. The first-order chi connectivity index (χ1) is 8.35. The van der Waals surface area contributed by atoms with Crippen LogP contribution in [0.15, 0.2) is 4.52 Å². The first-order valence-corrected chi connectivity index (χ1v) is 6.12. The van der Waals surface area contributed by atoms with Crippen molar-refractivity contribution in [1.29, 1.82) is 0 Å². The third-order valence-electron chi connectivity index (χ3n) is 3.21. The predicted octanol–water partition coefficient (Wildman–Crippen LogP) is 0.140. The first kappa shape index (κ1) is 11.1. The van der Waals surface area contributed by atoms with Crippen LogP contribution in [0.1, 0.15) is 30.5 Å². The molecule has 6 nitrogen and oxygen atoms in total. The quantitative estimate of drug-likeness (QED) is 0.806. The van der Waals surface area contributed by atoms with E-state index in [0.717, 1.165) is 18.9 Å². The number of ether oxygens (including phenoxy) is 1. The number of hydrogen-bond donors (Lipinski definition) is 1. The molecule has 1 aliphatic heterocycles. The zero-order chi connectivity index (χ0) is 11.7. The zero-order valence-corrected chi connectivity index (χ0v) is 9.71. The topological polar surface area (TPSA) is 71.6 Å². The second kappa shape index (κ2) is 4.72. The fraction of sp³-hybridized carbons (Fsp3) is 0.818. The van der Waals surface area contributed by atoms with Crippen molar-refractivity contribution in [1.82, 2.24) is 15.0 Å². The van der Waals surface area contributed by atoms with Gasteiger partial charge in [0.15, 0.2) is 5.82 Å². The number of morpholine rings is 1. The summed E-state index contributed by atoms with van der Waals surface area (Å²) in [6, 6.07) is 0. The largest absolute Gasteiger partial charge is 0.394 e. The molecule has 1 saturated carbocycles. The third kappa shape index (κ3) is 2.65. The van der Waals surface area contributed by atoms with Gasteiger partial charge in [-0.3, -0.25) is 4.90 Å². The van der Waals surface area contributed by atoms with Gasteiger partial charge >= 0.3 is 0 Å². The van der Waals surface area contributed by atoms with E-state index in [1.807, 2.05) is 0 Å². The molecular formula is C11H17N3O3. The summed E-state index contributed by atoms with van der Waals surface area (Å²) in [5, 5.41) is 13.0. The molecule has 1 saturated heterocycles. The van der Waals surface area contributed by atoms with Crippen LogP contribution in [0.2, 0.25) is 0 Å². The molecule has 0 bridgehead atoms. The highest BCUT2D eigenvalue weighted by atomic mass is 16.5. The predicted molar refractivity (Wildman–Crippen MR) is 58.4 cm³/mol. The fourth-order valence-corrected chi connectivity index (χ4v) is 2.07. The maximum absolute atomic E-state index is 9.06. The number of rotatable bonds is 4. The van der Waals surface area contributed by atoms with Gasteiger partial charge in [0.2, 0.25) is 5.89 Å². The standard InChI is InChI=1S/C11H17N3O3/c15-7-9-5-14(3-4-16-9)6-10-12-11(13-17-10)8-1-2-8/h8-9,15H,1-7H2. The Labute approximate surface area is 99.6 Å². The Kier molecular flexibility index (Phi) is 3.09. The Hall–Kier alpha value is -0.980. The number of aliphatic hydroxyl groups excluding tert-OH is 1. The van der Waals surface area contributed by atoms with E-state index < -0.39 is 0 Å². The second-order valence-electron chi connectivity index (χ2n) is 4.73. The Balaban J connectivity index is 1.57. The minimum atomic E-state index is -0.0884. The molecule has 0 radical (unpaired) electrons. The van der Waals surface area contributed by atoms with E-state index in [-0.39, 0.29) is 12.7 Å². The van der Waals surface area contributed by atoms with Crippen LogP contribution in [-0.4, -0.2) is 52.6 Å². The molecule has 17 heavy (non-hydrogen) atoms. The van der Waals surface area contributed by atoms with Crippen molar-refractivity contribution in [2.45, 2.75) is 31.4 Å². The highest BCUT2D eigenvalue weighted by molar-refractivity contribution is 5.03. The van der Waals surface area contributed by atoms with Crippen LogP contribution >= 0.6 is 0 Å². The molecular weight excluding hydrogens is 222 g/mol. The molecule has 2 aliphatic rings. The average Bonchev–Trinajstić information content (AvgIpc) is 3.11. The molecule has 0 aromatic carbocycles. The third-order valence-corrected chi connectivity index (χ3v) is 3.21. The zero-order valence-electron chi connectivity index (χ0n) is 9.71. The molecule has 1 aliphatic carbocycles. The van der Waals surface area contributed by atoms with Gasteiger partial charge in [0.25, 0.3) is 0 Å². The van der Waals surface area contributed by atoms with Crippen LogP contribution in [0.5, 0.6) is 0 Å². The van der Waals surface area contributed by atoms with Crippen LogP contribution < -0.4 is 0 Å². The average molecular weight is 239 g/mol. The lowest BCUT2D eigenvalue weighted by atomic mass is 10.3. The molecule has 0 amide bonds. The van der Waals surface area contributed by atoms with Gasteiger partial charge in [-0.2, -0.15) is 4.98 Å². The summed E-state index contributed by atoms with van der Waals surface area (Å²) >= 11 is 0. The summed E-state index contributed by atoms with van der Waals surface area (Å²) in [5.41, 5.74) is 0. The summed E-state index contributed by atoms with van der Waals surface area (Å²) in [4.78, 5) is 6.57. The highest BCUT2D eigenvalue weighted by Crippen LogP contribution is 2.38. The Morgan fingerprint density at radius 1 is 1.41 bits per heavy atom. The van der Waals surface area contributed by atoms with Gasteiger partial charge in [-0.25, -0.2) is 0 Å². The SMILES string of the molecule is OCC1CN(Cc2nc(C3CC3)no2)CCO1. The van der Waals surface area contributed by atoms with Crippen molar-refractivity contribution < 1.29 is 14.4 Å². The van der Waals surface area contributed by atoms with E-state index in [4.69, 9.17) is 14.4 Å². The molecule has 2 heterocycles. The van der Waals surface area contributed by atoms with Crippen molar-refractivity contribution in [3.63, 3.8) is 0 Å². The lowest BCUT2D eigenvalue weighted by Crippen LogP contribution is -2.43. The second-order valence-corrected chi connectivity index (χ2v) is 4.73. The molecule has 94 valence electrons. The molecule has 1 aromatic heterocycles. The summed E-state index contributed by atoms with van der Waals surface area (Å²) < 4.78 is 10.6. The van der Waals surface area contributed by atoms with Crippen molar-refractivity contribution >= 4 is 0 Å². The van der Waals surface area contributed by atoms with Crippen molar-refractivity contribution in [3.8, 4) is 0 Å². The smallest absolute Gasteiger partial charge is 0.240 e.